The summed E-state index contributed by atoms with van der Waals surface area (Å²) in [6.07, 6.45) is 4.64. The molecule has 62 valence electrons. The van der Waals surface area contributed by atoms with Crippen LogP contribution in [0, 0.1) is 0 Å². The topological polar surface area (TPSA) is 20.2 Å². The SMILES string of the molecule is CC(C)(O)CCCCCI. The Hall–Kier alpha value is 0.690. The lowest BCUT2D eigenvalue weighted by molar-refractivity contribution is 0.0682. The van der Waals surface area contributed by atoms with Crippen molar-refractivity contribution in [3.05, 3.63) is 0 Å². The number of aliphatic hydroxyl groups is 1. The summed E-state index contributed by atoms with van der Waals surface area (Å²) < 4.78 is 1.24. The molecule has 0 aliphatic heterocycles. The largest absolute Gasteiger partial charge is 0.390 e. The number of rotatable bonds is 5. The molecule has 0 unspecified atom stereocenters. The molecule has 0 atom stereocenters. The first-order chi connectivity index (χ1) is 4.56. The first-order valence-electron chi connectivity index (χ1n) is 3.84. The highest BCUT2D eigenvalue weighted by atomic mass is 127. The standard InChI is InChI=1S/C8H17IO/c1-8(2,10)6-4-3-5-7-9/h10H,3-7H2,1-2H3. The molecule has 1 nitrogen and oxygen atoms in total. The van der Waals surface area contributed by atoms with Crippen LogP contribution in [0.1, 0.15) is 39.5 Å². The molecular formula is C8H17IO. The van der Waals surface area contributed by atoms with Crippen LogP contribution in [0.3, 0.4) is 0 Å². The number of alkyl halides is 1. The second kappa shape index (κ2) is 5.35. The Kier molecular flexibility index (Phi) is 5.72. The second-order valence-corrected chi connectivity index (χ2v) is 4.39. The van der Waals surface area contributed by atoms with Gasteiger partial charge in [-0.05, 0) is 31.1 Å². The molecule has 0 heterocycles. The van der Waals surface area contributed by atoms with Gasteiger partial charge in [0.2, 0.25) is 0 Å². The van der Waals surface area contributed by atoms with E-state index >= 15 is 0 Å². The van der Waals surface area contributed by atoms with Gasteiger partial charge < -0.3 is 5.11 Å². The smallest absolute Gasteiger partial charge is 0.0591 e. The van der Waals surface area contributed by atoms with E-state index in [0.29, 0.717) is 0 Å². The van der Waals surface area contributed by atoms with Gasteiger partial charge in [0.1, 0.15) is 0 Å². The lowest BCUT2D eigenvalue weighted by atomic mass is 10.0. The van der Waals surface area contributed by atoms with Crippen molar-refractivity contribution in [1.82, 2.24) is 0 Å². The monoisotopic (exact) mass is 256 g/mol. The first-order valence-corrected chi connectivity index (χ1v) is 5.37. The molecule has 0 radical (unpaired) electrons. The maximum atomic E-state index is 9.32. The third-order valence-corrected chi connectivity index (χ3v) is 2.19. The molecule has 0 amide bonds. The Morgan fingerprint density at radius 1 is 1.20 bits per heavy atom. The average molecular weight is 256 g/mol. The van der Waals surface area contributed by atoms with Crippen LogP contribution in [0.5, 0.6) is 0 Å². The Labute approximate surface area is 77.3 Å². The van der Waals surface area contributed by atoms with Gasteiger partial charge in [0.05, 0.1) is 5.60 Å². The van der Waals surface area contributed by atoms with E-state index in [0.717, 1.165) is 12.8 Å². The fourth-order valence-electron chi connectivity index (χ4n) is 0.829. The van der Waals surface area contributed by atoms with Crippen molar-refractivity contribution in [2.75, 3.05) is 4.43 Å². The maximum absolute atomic E-state index is 9.32. The normalized spacial score (nSPS) is 12.0. The zero-order valence-electron chi connectivity index (χ0n) is 6.86. The molecule has 0 saturated heterocycles. The van der Waals surface area contributed by atoms with E-state index in [9.17, 15) is 5.11 Å². The van der Waals surface area contributed by atoms with E-state index < -0.39 is 5.60 Å². The Morgan fingerprint density at radius 3 is 2.20 bits per heavy atom. The molecule has 1 N–H and O–H groups in total. The summed E-state index contributed by atoms with van der Waals surface area (Å²) in [5, 5.41) is 9.32. The van der Waals surface area contributed by atoms with Crippen molar-refractivity contribution in [2.24, 2.45) is 0 Å². The third-order valence-electron chi connectivity index (χ3n) is 1.42. The highest BCUT2D eigenvalue weighted by Gasteiger charge is 2.10. The van der Waals surface area contributed by atoms with E-state index in [-0.39, 0.29) is 0 Å². The Bertz CT molecular complexity index is 75.8. The molecule has 0 bridgehead atoms. The van der Waals surface area contributed by atoms with Crippen molar-refractivity contribution >= 4 is 22.6 Å². The fourth-order valence-corrected chi connectivity index (χ4v) is 1.37. The molecule has 0 saturated carbocycles. The number of hydrogen-bond donors (Lipinski definition) is 1. The predicted molar refractivity (Wildman–Crippen MR) is 53.7 cm³/mol. The third kappa shape index (κ3) is 8.69. The molecule has 0 rings (SSSR count). The number of hydrogen-bond acceptors (Lipinski definition) is 1. The van der Waals surface area contributed by atoms with Gasteiger partial charge in [-0.15, -0.1) is 0 Å². The molecule has 0 aromatic rings. The van der Waals surface area contributed by atoms with Crippen molar-refractivity contribution in [3.63, 3.8) is 0 Å². The van der Waals surface area contributed by atoms with Crippen molar-refractivity contribution < 1.29 is 5.11 Å². The summed E-state index contributed by atoms with van der Waals surface area (Å²) in [5.74, 6) is 0. The number of halogens is 1. The van der Waals surface area contributed by atoms with E-state index in [1.54, 1.807) is 0 Å². The van der Waals surface area contributed by atoms with Crippen LogP contribution in [0.4, 0.5) is 0 Å². The fraction of sp³-hybridized carbons (Fsp3) is 1.00. The maximum Gasteiger partial charge on any atom is 0.0591 e. The lowest BCUT2D eigenvalue weighted by Crippen LogP contribution is -2.17. The van der Waals surface area contributed by atoms with Gasteiger partial charge in [-0.25, -0.2) is 0 Å². The minimum absolute atomic E-state index is 0.453. The van der Waals surface area contributed by atoms with Gasteiger partial charge in [0.25, 0.3) is 0 Å². The van der Waals surface area contributed by atoms with Gasteiger partial charge in [0, 0.05) is 0 Å². The molecule has 2 heteroatoms. The zero-order chi connectivity index (χ0) is 8.04. The molecule has 0 aromatic heterocycles. The second-order valence-electron chi connectivity index (χ2n) is 3.31. The van der Waals surface area contributed by atoms with Crippen LogP contribution in [-0.4, -0.2) is 15.1 Å². The van der Waals surface area contributed by atoms with Crippen LogP contribution in [0.25, 0.3) is 0 Å². The quantitative estimate of drug-likeness (QED) is 0.455. The molecule has 0 spiro atoms. The van der Waals surface area contributed by atoms with E-state index in [1.165, 1.54) is 17.3 Å². The Balaban J connectivity index is 3.04. The summed E-state index contributed by atoms with van der Waals surface area (Å²) >= 11 is 2.39. The Morgan fingerprint density at radius 2 is 1.80 bits per heavy atom. The molecule has 0 aliphatic rings. The van der Waals surface area contributed by atoms with Gasteiger partial charge in [-0.3, -0.25) is 0 Å². The van der Waals surface area contributed by atoms with E-state index in [1.807, 2.05) is 13.8 Å². The van der Waals surface area contributed by atoms with Crippen molar-refractivity contribution in [2.45, 2.75) is 45.1 Å². The lowest BCUT2D eigenvalue weighted by Gasteiger charge is -2.15. The summed E-state index contributed by atoms with van der Waals surface area (Å²) in [6.45, 7) is 3.74. The minimum atomic E-state index is -0.453. The van der Waals surface area contributed by atoms with E-state index in [4.69, 9.17) is 0 Å². The molecular weight excluding hydrogens is 239 g/mol. The summed E-state index contributed by atoms with van der Waals surface area (Å²) in [4.78, 5) is 0. The minimum Gasteiger partial charge on any atom is -0.390 e. The van der Waals surface area contributed by atoms with E-state index in [2.05, 4.69) is 22.6 Å². The van der Waals surface area contributed by atoms with Crippen LogP contribution in [-0.2, 0) is 0 Å². The molecule has 10 heavy (non-hydrogen) atoms. The number of unbranched alkanes of at least 4 members (excludes halogenated alkanes) is 2. The van der Waals surface area contributed by atoms with Gasteiger partial charge >= 0.3 is 0 Å². The van der Waals surface area contributed by atoms with Crippen LogP contribution in [0.15, 0.2) is 0 Å². The highest BCUT2D eigenvalue weighted by Crippen LogP contribution is 2.13. The van der Waals surface area contributed by atoms with Crippen molar-refractivity contribution in [1.29, 1.82) is 0 Å². The predicted octanol–water partition coefficient (Wildman–Crippen LogP) is 2.75. The summed E-state index contributed by atoms with van der Waals surface area (Å²) in [6, 6.07) is 0. The van der Waals surface area contributed by atoms with Gasteiger partial charge in [0.15, 0.2) is 0 Å². The van der Waals surface area contributed by atoms with Gasteiger partial charge in [-0.2, -0.15) is 0 Å². The van der Waals surface area contributed by atoms with Crippen LogP contribution < -0.4 is 0 Å². The van der Waals surface area contributed by atoms with Gasteiger partial charge in [-0.1, -0.05) is 35.4 Å². The van der Waals surface area contributed by atoms with Crippen LogP contribution in [0.2, 0.25) is 0 Å². The van der Waals surface area contributed by atoms with Crippen molar-refractivity contribution in [3.8, 4) is 0 Å². The molecule has 0 aromatic carbocycles. The summed E-state index contributed by atoms with van der Waals surface area (Å²) in [7, 11) is 0. The van der Waals surface area contributed by atoms with Crippen LogP contribution >= 0.6 is 22.6 Å². The summed E-state index contributed by atoms with van der Waals surface area (Å²) in [5.41, 5.74) is -0.453. The first kappa shape index (κ1) is 10.7. The molecule has 0 aliphatic carbocycles. The average Bonchev–Trinajstić information content (AvgIpc) is 1.78. The highest BCUT2D eigenvalue weighted by molar-refractivity contribution is 14.1. The molecule has 0 fully saturated rings. The zero-order valence-corrected chi connectivity index (χ0v) is 9.02.